The van der Waals surface area contributed by atoms with Gasteiger partial charge in [-0.25, -0.2) is 0 Å². The molecule has 2 rings (SSSR count). The maximum absolute atomic E-state index is 11.8. The number of hydrogen-bond donors (Lipinski definition) is 1. The Kier molecular flexibility index (Phi) is 5.33. The van der Waals surface area contributed by atoms with E-state index in [4.69, 9.17) is 4.74 Å². The molecular formula is C16H22N2O3. The second-order valence-corrected chi connectivity index (χ2v) is 5.38. The van der Waals surface area contributed by atoms with Gasteiger partial charge in [0.25, 0.3) is 0 Å². The van der Waals surface area contributed by atoms with Crippen molar-refractivity contribution < 1.29 is 14.3 Å². The molecule has 1 unspecified atom stereocenters. The van der Waals surface area contributed by atoms with Crippen molar-refractivity contribution in [3.8, 4) is 5.75 Å². The lowest BCUT2D eigenvalue weighted by Gasteiger charge is -2.32. The van der Waals surface area contributed by atoms with Crippen LogP contribution in [0, 0.1) is 5.92 Å². The summed E-state index contributed by atoms with van der Waals surface area (Å²) in [5.41, 5.74) is 1.63. The number of hydrogen-bond acceptors (Lipinski definition) is 4. The zero-order valence-corrected chi connectivity index (χ0v) is 12.6. The van der Waals surface area contributed by atoms with E-state index in [0.717, 1.165) is 43.5 Å². The third kappa shape index (κ3) is 3.82. The molecule has 1 heterocycles. The van der Waals surface area contributed by atoms with Gasteiger partial charge in [0, 0.05) is 31.3 Å². The monoisotopic (exact) mass is 290 g/mol. The van der Waals surface area contributed by atoms with E-state index in [-0.39, 0.29) is 11.8 Å². The summed E-state index contributed by atoms with van der Waals surface area (Å²) in [7, 11) is 3.31. The van der Waals surface area contributed by atoms with Gasteiger partial charge in [-0.3, -0.25) is 14.5 Å². The predicted octanol–water partition coefficient (Wildman–Crippen LogP) is 1.47. The van der Waals surface area contributed by atoms with Crippen molar-refractivity contribution in [3.63, 3.8) is 0 Å². The van der Waals surface area contributed by atoms with Crippen LogP contribution in [0.1, 0.15) is 28.8 Å². The van der Waals surface area contributed by atoms with Gasteiger partial charge >= 0.3 is 0 Å². The summed E-state index contributed by atoms with van der Waals surface area (Å²) in [4.78, 5) is 24.9. The van der Waals surface area contributed by atoms with E-state index in [9.17, 15) is 9.59 Å². The number of benzene rings is 1. The van der Waals surface area contributed by atoms with E-state index in [2.05, 4.69) is 10.2 Å². The number of methoxy groups -OCH3 is 1. The van der Waals surface area contributed by atoms with E-state index >= 15 is 0 Å². The Morgan fingerprint density at radius 1 is 1.52 bits per heavy atom. The molecule has 0 bridgehead atoms. The highest BCUT2D eigenvalue weighted by molar-refractivity contribution is 5.78. The average Bonchev–Trinajstić information content (AvgIpc) is 2.54. The molecule has 5 heteroatoms. The smallest absolute Gasteiger partial charge is 0.224 e. The van der Waals surface area contributed by atoms with Gasteiger partial charge in [-0.05, 0) is 37.6 Å². The summed E-state index contributed by atoms with van der Waals surface area (Å²) in [6.07, 6.45) is 2.78. The SMILES string of the molecule is CNC(=O)C1CCCN(Cc2cc(C=O)ccc2OC)C1. The molecule has 1 aliphatic heterocycles. The molecule has 114 valence electrons. The molecule has 1 saturated heterocycles. The third-order valence-corrected chi connectivity index (χ3v) is 3.96. The van der Waals surface area contributed by atoms with Crippen LogP contribution in [0.15, 0.2) is 18.2 Å². The first-order valence-electron chi connectivity index (χ1n) is 7.24. The first-order chi connectivity index (χ1) is 10.2. The lowest BCUT2D eigenvalue weighted by molar-refractivity contribution is -0.126. The van der Waals surface area contributed by atoms with Crippen LogP contribution in [-0.4, -0.2) is 44.3 Å². The molecule has 1 aromatic carbocycles. The van der Waals surface area contributed by atoms with Crippen LogP contribution in [0.3, 0.4) is 0 Å². The summed E-state index contributed by atoms with van der Waals surface area (Å²) in [5.74, 6) is 0.931. The molecule has 1 N–H and O–H groups in total. The largest absolute Gasteiger partial charge is 0.496 e. The number of nitrogens with one attached hydrogen (secondary N) is 1. The lowest BCUT2D eigenvalue weighted by atomic mass is 9.96. The Balaban J connectivity index is 2.10. The quantitative estimate of drug-likeness (QED) is 0.834. The Morgan fingerprint density at radius 3 is 3.00 bits per heavy atom. The summed E-state index contributed by atoms with van der Waals surface area (Å²) in [6.45, 7) is 2.40. The first-order valence-corrected chi connectivity index (χ1v) is 7.24. The Morgan fingerprint density at radius 2 is 2.33 bits per heavy atom. The molecule has 0 aliphatic carbocycles. The average molecular weight is 290 g/mol. The number of aldehydes is 1. The van der Waals surface area contributed by atoms with Crippen LogP contribution < -0.4 is 10.1 Å². The third-order valence-electron chi connectivity index (χ3n) is 3.96. The fraction of sp³-hybridized carbons (Fsp3) is 0.500. The highest BCUT2D eigenvalue weighted by Gasteiger charge is 2.25. The van der Waals surface area contributed by atoms with Crippen molar-refractivity contribution in [1.82, 2.24) is 10.2 Å². The predicted molar refractivity (Wildman–Crippen MR) is 80.4 cm³/mol. The maximum Gasteiger partial charge on any atom is 0.224 e. The molecule has 1 amide bonds. The van der Waals surface area contributed by atoms with Crippen molar-refractivity contribution >= 4 is 12.2 Å². The van der Waals surface area contributed by atoms with Crippen LogP contribution in [0.5, 0.6) is 5.75 Å². The van der Waals surface area contributed by atoms with E-state index in [0.29, 0.717) is 12.1 Å². The fourth-order valence-corrected chi connectivity index (χ4v) is 2.85. The minimum atomic E-state index is 0.0454. The molecule has 0 aromatic heterocycles. The molecule has 1 aromatic rings. The van der Waals surface area contributed by atoms with Crippen molar-refractivity contribution in [2.24, 2.45) is 5.92 Å². The van der Waals surface area contributed by atoms with E-state index in [1.54, 1.807) is 20.2 Å². The molecule has 0 saturated carbocycles. The summed E-state index contributed by atoms with van der Waals surface area (Å²) >= 11 is 0. The van der Waals surface area contributed by atoms with Gasteiger partial charge in [-0.2, -0.15) is 0 Å². The van der Waals surface area contributed by atoms with Gasteiger partial charge in [-0.15, -0.1) is 0 Å². The highest BCUT2D eigenvalue weighted by Crippen LogP contribution is 2.24. The molecule has 21 heavy (non-hydrogen) atoms. The molecule has 5 nitrogen and oxygen atoms in total. The van der Waals surface area contributed by atoms with E-state index in [1.165, 1.54) is 0 Å². The molecule has 1 fully saturated rings. The first kappa shape index (κ1) is 15.5. The number of rotatable bonds is 5. The van der Waals surface area contributed by atoms with Gasteiger partial charge in [0.05, 0.1) is 13.0 Å². The topological polar surface area (TPSA) is 58.6 Å². The second kappa shape index (κ2) is 7.22. The fourth-order valence-electron chi connectivity index (χ4n) is 2.85. The number of carbonyl (C=O) groups excluding carboxylic acids is 2. The molecule has 1 aliphatic rings. The van der Waals surface area contributed by atoms with Crippen molar-refractivity contribution in [2.75, 3.05) is 27.2 Å². The van der Waals surface area contributed by atoms with Gasteiger partial charge in [0.15, 0.2) is 0 Å². The number of likely N-dealkylation sites (tertiary alicyclic amines) is 1. The number of piperidine rings is 1. The molecule has 0 spiro atoms. The molecule has 0 radical (unpaired) electrons. The van der Waals surface area contributed by atoms with E-state index in [1.807, 2.05) is 12.1 Å². The van der Waals surface area contributed by atoms with Crippen molar-refractivity contribution in [1.29, 1.82) is 0 Å². The Hall–Kier alpha value is -1.88. The standard InChI is InChI=1S/C16H22N2O3/c1-17-16(20)13-4-3-7-18(9-13)10-14-8-12(11-19)5-6-15(14)21-2/h5-6,8,11,13H,3-4,7,9-10H2,1-2H3,(H,17,20). The van der Waals surface area contributed by atoms with E-state index < -0.39 is 0 Å². The maximum atomic E-state index is 11.8. The molecular weight excluding hydrogens is 268 g/mol. The van der Waals surface area contributed by atoms with Gasteiger partial charge in [0.2, 0.25) is 5.91 Å². The van der Waals surface area contributed by atoms with Gasteiger partial charge in [0.1, 0.15) is 12.0 Å². The minimum Gasteiger partial charge on any atom is -0.496 e. The van der Waals surface area contributed by atoms with Crippen LogP contribution in [0.25, 0.3) is 0 Å². The second-order valence-electron chi connectivity index (χ2n) is 5.38. The highest BCUT2D eigenvalue weighted by atomic mass is 16.5. The zero-order valence-electron chi connectivity index (χ0n) is 12.6. The van der Waals surface area contributed by atoms with Gasteiger partial charge in [-0.1, -0.05) is 0 Å². The summed E-state index contributed by atoms with van der Waals surface area (Å²) in [6, 6.07) is 5.42. The number of amides is 1. The number of nitrogens with zero attached hydrogens (tertiary/aromatic N) is 1. The van der Waals surface area contributed by atoms with Crippen LogP contribution >= 0.6 is 0 Å². The number of carbonyl (C=O) groups is 2. The summed E-state index contributed by atoms with van der Waals surface area (Å²) in [5, 5.41) is 2.72. The Bertz CT molecular complexity index is 516. The van der Waals surface area contributed by atoms with Crippen LogP contribution in [0.2, 0.25) is 0 Å². The normalized spacial score (nSPS) is 19.0. The summed E-state index contributed by atoms with van der Waals surface area (Å²) < 4.78 is 5.36. The van der Waals surface area contributed by atoms with Crippen LogP contribution in [-0.2, 0) is 11.3 Å². The Labute approximate surface area is 125 Å². The minimum absolute atomic E-state index is 0.0454. The zero-order chi connectivity index (χ0) is 15.2. The molecule has 1 atom stereocenters. The van der Waals surface area contributed by atoms with Crippen molar-refractivity contribution in [3.05, 3.63) is 29.3 Å². The van der Waals surface area contributed by atoms with Crippen LogP contribution in [0.4, 0.5) is 0 Å². The lowest BCUT2D eigenvalue weighted by Crippen LogP contribution is -2.41. The van der Waals surface area contributed by atoms with Crippen molar-refractivity contribution in [2.45, 2.75) is 19.4 Å². The number of ether oxygens (including phenoxy) is 1. The van der Waals surface area contributed by atoms with Gasteiger partial charge < -0.3 is 10.1 Å².